The Morgan fingerprint density at radius 3 is 2.48 bits per heavy atom. The number of aliphatic carboxylic acids is 1. The van der Waals surface area contributed by atoms with Gasteiger partial charge in [0.25, 0.3) is 0 Å². The molecule has 11 heteroatoms. The highest BCUT2D eigenvalue weighted by Crippen LogP contribution is 2.20. The van der Waals surface area contributed by atoms with Crippen LogP contribution in [0.3, 0.4) is 0 Å². The van der Waals surface area contributed by atoms with E-state index in [2.05, 4.69) is 15.1 Å². The van der Waals surface area contributed by atoms with Gasteiger partial charge in [-0.1, -0.05) is 0 Å². The van der Waals surface area contributed by atoms with Gasteiger partial charge in [0.15, 0.2) is 5.54 Å². The Hall–Kier alpha value is -1.98. The van der Waals surface area contributed by atoms with Crippen LogP contribution in [0.25, 0.3) is 0 Å². The maximum atomic E-state index is 12.6. The Balaban J connectivity index is 2.16. The number of carbonyl (C=O) groups excluding carboxylic acids is 1. The van der Waals surface area contributed by atoms with Crippen LogP contribution in [0.1, 0.15) is 24.7 Å². The van der Waals surface area contributed by atoms with Gasteiger partial charge in [0.1, 0.15) is 4.90 Å². The van der Waals surface area contributed by atoms with E-state index in [-0.39, 0.29) is 24.5 Å². The molecular weight excluding hydrogens is 352 g/mol. The standard InChI is InChI=1S/C14H22N4O6S/c1-8-11(10(3)18(4)16-8)25(22,23)17-9(2)12(19)15-14(13(20)21)5-6-24-7-14/h9,17H,5-7H2,1-4H3,(H,15,19)(H,20,21). The normalized spacial score (nSPS) is 21.9. The summed E-state index contributed by atoms with van der Waals surface area (Å²) in [7, 11) is -2.37. The van der Waals surface area contributed by atoms with Gasteiger partial charge in [0, 0.05) is 20.1 Å². The van der Waals surface area contributed by atoms with Crippen LogP contribution in [-0.4, -0.2) is 60.0 Å². The molecule has 2 heterocycles. The summed E-state index contributed by atoms with van der Waals surface area (Å²) in [5.41, 5.74) is -0.785. The van der Waals surface area contributed by atoms with E-state index in [1.54, 1.807) is 20.9 Å². The molecule has 0 aliphatic carbocycles. The molecule has 25 heavy (non-hydrogen) atoms. The lowest BCUT2D eigenvalue weighted by atomic mass is 9.98. The minimum Gasteiger partial charge on any atom is -0.479 e. The molecule has 1 amide bonds. The molecule has 1 fully saturated rings. The van der Waals surface area contributed by atoms with Crippen LogP contribution in [0.5, 0.6) is 0 Å². The monoisotopic (exact) mass is 374 g/mol. The van der Waals surface area contributed by atoms with Crippen molar-refractivity contribution in [3.8, 4) is 0 Å². The summed E-state index contributed by atoms with van der Waals surface area (Å²) in [6.07, 6.45) is 0.119. The van der Waals surface area contributed by atoms with Gasteiger partial charge in [0.05, 0.1) is 24.0 Å². The van der Waals surface area contributed by atoms with Crippen LogP contribution in [0.15, 0.2) is 4.90 Å². The fourth-order valence-corrected chi connectivity index (χ4v) is 4.36. The molecule has 10 nitrogen and oxygen atoms in total. The third kappa shape index (κ3) is 3.67. The van der Waals surface area contributed by atoms with Crippen LogP contribution < -0.4 is 10.0 Å². The van der Waals surface area contributed by atoms with E-state index in [0.717, 1.165) is 0 Å². The van der Waals surface area contributed by atoms with Gasteiger partial charge in [-0.05, 0) is 20.8 Å². The highest BCUT2D eigenvalue weighted by molar-refractivity contribution is 7.89. The lowest BCUT2D eigenvalue weighted by Crippen LogP contribution is -2.59. The smallest absolute Gasteiger partial charge is 0.331 e. The first kappa shape index (κ1) is 19.3. The number of aryl methyl sites for hydroxylation is 2. The lowest BCUT2D eigenvalue weighted by molar-refractivity contribution is -0.147. The predicted molar refractivity (Wildman–Crippen MR) is 86.4 cm³/mol. The van der Waals surface area contributed by atoms with E-state index in [0.29, 0.717) is 11.4 Å². The Bertz CT molecular complexity index is 794. The molecular formula is C14H22N4O6S. The number of ether oxygens (including phenoxy) is 1. The lowest BCUT2D eigenvalue weighted by Gasteiger charge is -2.25. The summed E-state index contributed by atoms with van der Waals surface area (Å²) in [6, 6.07) is -1.17. The second kappa shape index (κ2) is 6.73. The minimum atomic E-state index is -3.99. The molecule has 1 aliphatic heterocycles. The van der Waals surface area contributed by atoms with E-state index in [9.17, 15) is 23.1 Å². The summed E-state index contributed by atoms with van der Waals surface area (Å²) in [5, 5.41) is 15.8. The van der Waals surface area contributed by atoms with E-state index in [1.165, 1.54) is 11.6 Å². The number of carboxylic acid groups (broad SMARTS) is 1. The number of hydrogen-bond donors (Lipinski definition) is 3. The van der Waals surface area contributed by atoms with Gasteiger partial charge in [-0.15, -0.1) is 0 Å². The highest BCUT2D eigenvalue weighted by atomic mass is 32.2. The SMILES string of the molecule is Cc1nn(C)c(C)c1S(=O)(=O)NC(C)C(=O)NC1(C(=O)O)CCOC1. The van der Waals surface area contributed by atoms with E-state index in [1.807, 2.05) is 0 Å². The van der Waals surface area contributed by atoms with Gasteiger partial charge in [-0.2, -0.15) is 9.82 Å². The van der Waals surface area contributed by atoms with Crippen LogP contribution in [0.4, 0.5) is 0 Å². The average Bonchev–Trinajstić information content (AvgIpc) is 3.05. The number of amides is 1. The summed E-state index contributed by atoms with van der Waals surface area (Å²) in [6.45, 7) is 4.56. The quantitative estimate of drug-likeness (QED) is 0.584. The number of aromatic nitrogens is 2. The molecule has 0 radical (unpaired) electrons. The molecule has 1 aromatic heterocycles. The van der Waals surface area contributed by atoms with Gasteiger partial charge < -0.3 is 15.2 Å². The number of carbonyl (C=O) groups is 2. The van der Waals surface area contributed by atoms with Crippen molar-refractivity contribution in [1.29, 1.82) is 0 Å². The van der Waals surface area contributed by atoms with Crippen LogP contribution in [0.2, 0.25) is 0 Å². The number of hydrogen-bond acceptors (Lipinski definition) is 6. The summed E-state index contributed by atoms with van der Waals surface area (Å²) >= 11 is 0. The zero-order valence-corrected chi connectivity index (χ0v) is 15.3. The van der Waals surface area contributed by atoms with Crippen molar-refractivity contribution in [2.45, 2.75) is 43.7 Å². The third-order valence-corrected chi connectivity index (χ3v) is 6.02. The summed E-state index contributed by atoms with van der Waals surface area (Å²) < 4.78 is 33.9. The molecule has 0 bridgehead atoms. The number of rotatable bonds is 6. The Kier molecular flexibility index (Phi) is 5.21. The van der Waals surface area contributed by atoms with Gasteiger partial charge in [-0.3, -0.25) is 9.48 Å². The largest absolute Gasteiger partial charge is 0.479 e. The number of carboxylic acids is 1. The molecule has 0 aromatic carbocycles. The predicted octanol–water partition coefficient (Wildman–Crippen LogP) is -0.936. The van der Waals surface area contributed by atoms with Gasteiger partial charge in [0.2, 0.25) is 15.9 Å². The molecule has 1 aliphatic rings. The fourth-order valence-electron chi connectivity index (χ4n) is 2.72. The van der Waals surface area contributed by atoms with Crippen molar-refractivity contribution in [1.82, 2.24) is 19.8 Å². The molecule has 1 saturated heterocycles. The molecule has 2 atom stereocenters. The molecule has 0 spiro atoms. The molecule has 2 unspecified atom stereocenters. The number of nitrogens with one attached hydrogen (secondary N) is 2. The van der Waals surface area contributed by atoms with Gasteiger partial charge in [-0.25, -0.2) is 13.2 Å². The molecule has 0 saturated carbocycles. The summed E-state index contributed by atoms with van der Waals surface area (Å²) in [4.78, 5) is 23.8. The third-order valence-electron chi connectivity index (χ3n) is 4.23. The Morgan fingerprint density at radius 2 is 2.04 bits per heavy atom. The van der Waals surface area contributed by atoms with Crippen molar-refractivity contribution < 1.29 is 27.9 Å². The van der Waals surface area contributed by atoms with Crippen LogP contribution in [-0.2, 0) is 31.4 Å². The zero-order chi connectivity index (χ0) is 19.0. The van der Waals surface area contributed by atoms with Crippen LogP contribution in [0, 0.1) is 13.8 Å². The first-order chi connectivity index (χ1) is 11.5. The van der Waals surface area contributed by atoms with Crippen molar-refractivity contribution in [2.24, 2.45) is 7.05 Å². The topological polar surface area (TPSA) is 140 Å². The molecule has 140 valence electrons. The van der Waals surface area contributed by atoms with Crippen molar-refractivity contribution in [2.75, 3.05) is 13.2 Å². The zero-order valence-electron chi connectivity index (χ0n) is 14.5. The van der Waals surface area contributed by atoms with Gasteiger partial charge >= 0.3 is 5.97 Å². The fraction of sp³-hybridized carbons (Fsp3) is 0.643. The Labute approximate surface area is 145 Å². The Morgan fingerprint density at radius 1 is 1.40 bits per heavy atom. The summed E-state index contributed by atoms with van der Waals surface area (Å²) in [5.74, 6) is -1.96. The van der Waals surface area contributed by atoms with Crippen molar-refractivity contribution >= 4 is 21.9 Å². The number of sulfonamides is 1. The first-order valence-corrected chi connectivity index (χ1v) is 9.14. The highest BCUT2D eigenvalue weighted by Gasteiger charge is 2.44. The van der Waals surface area contributed by atoms with Crippen molar-refractivity contribution in [3.63, 3.8) is 0 Å². The number of nitrogens with zero attached hydrogens (tertiary/aromatic N) is 2. The van der Waals surface area contributed by atoms with Crippen LogP contribution >= 0.6 is 0 Å². The molecule has 3 N–H and O–H groups in total. The van der Waals surface area contributed by atoms with E-state index >= 15 is 0 Å². The maximum absolute atomic E-state index is 12.6. The minimum absolute atomic E-state index is 0.00629. The maximum Gasteiger partial charge on any atom is 0.331 e. The molecule has 1 aromatic rings. The van der Waals surface area contributed by atoms with Crippen molar-refractivity contribution in [3.05, 3.63) is 11.4 Å². The molecule has 2 rings (SSSR count). The van der Waals surface area contributed by atoms with E-state index in [4.69, 9.17) is 4.74 Å². The average molecular weight is 374 g/mol. The second-order valence-corrected chi connectivity index (χ2v) is 7.80. The van der Waals surface area contributed by atoms with E-state index < -0.39 is 33.5 Å². The first-order valence-electron chi connectivity index (χ1n) is 7.66. The second-order valence-electron chi connectivity index (χ2n) is 6.15.